The minimum absolute atomic E-state index is 0.0483. The number of hydrogen-bond acceptors (Lipinski definition) is 5. The Balaban J connectivity index is 3.29. The number of aryl methyl sites for hydroxylation is 1. The summed E-state index contributed by atoms with van der Waals surface area (Å²) in [5, 5.41) is -1.15. The molecule has 0 saturated carbocycles. The van der Waals surface area contributed by atoms with E-state index in [0.29, 0.717) is 11.3 Å². The molecule has 0 aliphatic rings. The zero-order valence-electron chi connectivity index (χ0n) is 11.7. The maximum absolute atomic E-state index is 12.6. The standard InChI is InChI=1S/C12H16F3N3O2S/c1-5(2)4-11(17,9(16)20)8(19)7-6(3)21-10(18-7)12(13,14)15/h5H,4,17H2,1-3H3,(H2,16,20)/t11-/m1/s1. The van der Waals surface area contributed by atoms with E-state index in [4.69, 9.17) is 11.5 Å². The van der Waals surface area contributed by atoms with Crippen molar-refractivity contribution in [2.45, 2.75) is 38.9 Å². The Morgan fingerprint density at radius 1 is 1.33 bits per heavy atom. The molecule has 0 unspecified atom stereocenters. The second-order valence-corrected chi connectivity index (χ2v) is 6.39. The number of nitrogens with two attached hydrogens (primary N) is 2. The monoisotopic (exact) mass is 323 g/mol. The molecule has 0 aromatic carbocycles. The van der Waals surface area contributed by atoms with Crippen molar-refractivity contribution in [2.24, 2.45) is 17.4 Å². The van der Waals surface area contributed by atoms with Gasteiger partial charge in [0.05, 0.1) is 0 Å². The number of Topliss-reactive ketones (excluding diaryl/α,β-unsaturated/α-hetero) is 1. The number of primary amides is 1. The molecule has 1 amide bonds. The largest absolute Gasteiger partial charge is 0.443 e. The van der Waals surface area contributed by atoms with Crippen LogP contribution in [0.3, 0.4) is 0 Å². The van der Waals surface area contributed by atoms with Crippen molar-refractivity contribution in [2.75, 3.05) is 0 Å². The van der Waals surface area contributed by atoms with Crippen molar-refractivity contribution in [1.82, 2.24) is 4.98 Å². The number of carbonyl (C=O) groups is 2. The molecule has 1 rings (SSSR count). The normalized spacial score (nSPS) is 15.0. The highest BCUT2D eigenvalue weighted by molar-refractivity contribution is 7.12. The van der Waals surface area contributed by atoms with Crippen LogP contribution in [0, 0.1) is 12.8 Å². The Labute approximate surface area is 123 Å². The second kappa shape index (κ2) is 5.72. The lowest BCUT2D eigenvalue weighted by atomic mass is 9.83. The number of nitrogens with zero attached hydrogens (tertiary/aromatic N) is 1. The number of carbonyl (C=O) groups excluding carboxylic acids is 2. The maximum Gasteiger partial charge on any atom is 0.443 e. The van der Waals surface area contributed by atoms with Crippen LogP contribution in [0.4, 0.5) is 13.2 Å². The van der Waals surface area contributed by atoms with Crippen LogP contribution in [0.2, 0.25) is 0 Å². The molecule has 21 heavy (non-hydrogen) atoms. The van der Waals surface area contributed by atoms with E-state index >= 15 is 0 Å². The summed E-state index contributed by atoms with van der Waals surface area (Å²) in [4.78, 5) is 27.2. The molecule has 0 spiro atoms. The summed E-state index contributed by atoms with van der Waals surface area (Å²) in [6.07, 6.45) is -4.73. The van der Waals surface area contributed by atoms with Crippen molar-refractivity contribution in [1.29, 1.82) is 0 Å². The third kappa shape index (κ3) is 3.59. The quantitative estimate of drug-likeness (QED) is 0.638. The second-order valence-electron chi connectivity index (χ2n) is 5.18. The molecule has 9 heteroatoms. The summed E-state index contributed by atoms with van der Waals surface area (Å²) in [7, 11) is 0. The number of ketones is 1. The highest BCUT2D eigenvalue weighted by Gasteiger charge is 2.44. The van der Waals surface area contributed by atoms with Crippen LogP contribution < -0.4 is 11.5 Å². The smallest absolute Gasteiger partial charge is 0.368 e. The van der Waals surface area contributed by atoms with E-state index in [9.17, 15) is 22.8 Å². The Hall–Kier alpha value is -1.48. The fourth-order valence-corrected chi connectivity index (χ4v) is 2.67. The lowest BCUT2D eigenvalue weighted by Crippen LogP contribution is -2.59. The van der Waals surface area contributed by atoms with E-state index in [-0.39, 0.29) is 17.2 Å². The van der Waals surface area contributed by atoms with Gasteiger partial charge < -0.3 is 11.5 Å². The van der Waals surface area contributed by atoms with E-state index < -0.39 is 34.1 Å². The van der Waals surface area contributed by atoms with Gasteiger partial charge in [-0.15, -0.1) is 11.3 Å². The van der Waals surface area contributed by atoms with Crippen molar-refractivity contribution < 1.29 is 22.8 Å². The molecule has 0 aliphatic heterocycles. The van der Waals surface area contributed by atoms with E-state index in [2.05, 4.69) is 4.98 Å². The number of aromatic nitrogens is 1. The van der Waals surface area contributed by atoms with Crippen molar-refractivity contribution in [3.63, 3.8) is 0 Å². The first-order chi connectivity index (χ1) is 9.39. The van der Waals surface area contributed by atoms with Gasteiger partial charge in [-0.3, -0.25) is 9.59 Å². The SMILES string of the molecule is Cc1sc(C(F)(F)F)nc1C(=O)[C@](N)(CC(C)C)C(N)=O. The van der Waals surface area contributed by atoms with Crippen LogP contribution >= 0.6 is 11.3 Å². The Bertz CT molecular complexity index is 569. The summed E-state index contributed by atoms with van der Waals surface area (Å²) < 4.78 is 37.9. The van der Waals surface area contributed by atoms with Gasteiger partial charge in [-0.1, -0.05) is 13.8 Å². The molecular weight excluding hydrogens is 307 g/mol. The summed E-state index contributed by atoms with van der Waals surface area (Å²) in [5.41, 5.74) is 8.42. The van der Waals surface area contributed by atoms with Crippen molar-refractivity contribution in [3.05, 3.63) is 15.6 Å². The Morgan fingerprint density at radius 2 is 1.86 bits per heavy atom. The van der Waals surface area contributed by atoms with Gasteiger partial charge in [0.25, 0.3) is 0 Å². The van der Waals surface area contributed by atoms with Crippen LogP contribution in [0.25, 0.3) is 0 Å². The van der Waals surface area contributed by atoms with Gasteiger partial charge in [0.1, 0.15) is 5.69 Å². The number of halogens is 3. The van der Waals surface area contributed by atoms with E-state index in [0.717, 1.165) is 0 Å². The van der Waals surface area contributed by atoms with E-state index in [1.165, 1.54) is 6.92 Å². The lowest BCUT2D eigenvalue weighted by Gasteiger charge is -2.25. The Kier molecular flexibility index (Phi) is 4.79. The predicted molar refractivity (Wildman–Crippen MR) is 71.8 cm³/mol. The fraction of sp³-hybridized carbons (Fsp3) is 0.583. The lowest BCUT2D eigenvalue weighted by molar-refractivity contribution is -0.137. The molecule has 0 aliphatic carbocycles. The van der Waals surface area contributed by atoms with E-state index in [1.54, 1.807) is 13.8 Å². The molecule has 0 radical (unpaired) electrons. The molecule has 0 bridgehead atoms. The summed E-state index contributed by atoms with van der Waals surface area (Å²) >= 11 is 0.332. The number of hydrogen-bond donors (Lipinski definition) is 2. The molecule has 0 fully saturated rings. The average molecular weight is 323 g/mol. The van der Waals surface area contributed by atoms with Gasteiger partial charge in [-0.2, -0.15) is 13.2 Å². The Morgan fingerprint density at radius 3 is 2.19 bits per heavy atom. The van der Waals surface area contributed by atoms with Gasteiger partial charge in [0.15, 0.2) is 10.5 Å². The first-order valence-corrected chi connectivity index (χ1v) is 6.89. The zero-order valence-corrected chi connectivity index (χ0v) is 12.6. The molecular formula is C12H16F3N3O2S. The summed E-state index contributed by atoms with van der Waals surface area (Å²) in [6, 6.07) is 0. The van der Waals surface area contributed by atoms with Crippen LogP contribution in [0.5, 0.6) is 0 Å². The van der Waals surface area contributed by atoms with Gasteiger partial charge in [0, 0.05) is 4.88 Å². The van der Waals surface area contributed by atoms with Gasteiger partial charge in [-0.25, -0.2) is 4.98 Å². The molecule has 1 aromatic rings. The van der Waals surface area contributed by atoms with Crippen LogP contribution in [0.1, 0.15) is 40.6 Å². The number of amides is 1. The predicted octanol–water partition coefficient (Wildman–Crippen LogP) is 1.88. The van der Waals surface area contributed by atoms with Crippen molar-refractivity contribution in [3.8, 4) is 0 Å². The van der Waals surface area contributed by atoms with Crippen molar-refractivity contribution >= 4 is 23.0 Å². The van der Waals surface area contributed by atoms with Gasteiger partial charge in [-0.05, 0) is 19.3 Å². The molecule has 1 aromatic heterocycles. The van der Waals surface area contributed by atoms with Gasteiger partial charge >= 0.3 is 6.18 Å². The fourth-order valence-electron chi connectivity index (χ4n) is 1.89. The first kappa shape index (κ1) is 17.6. The average Bonchev–Trinajstić information content (AvgIpc) is 2.68. The minimum atomic E-state index is -4.66. The summed E-state index contributed by atoms with van der Waals surface area (Å²) in [5.74, 6) is -2.21. The zero-order chi connectivity index (χ0) is 16.6. The van der Waals surface area contributed by atoms with Crippen LogP contribution in [0.15, 0.2) is 0 Å². The third-order valence-electron chi connectivity index (χ3n) is 2.83. The third-order valence-corrected chi connectivity index (χ3v) is 3.84. The molecule has 1 atom stereocenters. The van der Waals surface area contributed by atoms with Gasteiger partial charge in [0.2, 0.25) is 11.7 Å². The topological polar surface area (TPSA) is 99.1 Å². The van der Waals surface area contributed by atoms with Crippen LogP contribution in [-0.4, -0.2) is 22.2 Å². The van der Waals surface area contributed by atoms with E-state index in [1.807, 2.05) is 0 Å². The first-order valence-electron chi connectivity index (χ1n) is 6.07. The van der Waals surface area contributed by atoms with Crippen LogP contribution in [-0.2, 0) is 11.0 Å². The highest BCUT2D eigenvalue weighted by atomic mass is 32.1. The number of alkyl halides is 3. The molecule has 0 saturated heterocycles. The summed E-state index contributed by atoms with van der Waals surface area (Å²) in [6.45, 7) is 4.75. The minimum Gasteiger partial charge on any atom is -0.368 e. The number of rotatable bonds is 5. The molecule has 4 N–H and O–H groups in total. The molecule has 1 heterocycles. The number of thiazole rings is 1. The molecule has 5 nitrogen and oxygen atoms in total. The maximum atomic E-state index is 12.6. The molecule has 118 valence electrons. The highest BCUT2D eigenvalue weighted by Crippen LogP contribution is 2.35.